The molecule has 25 heavy (non-hydrogen) atoms. The molecule has 0 aliphatic rings. The first-order valence-electron chi connectivity index (χ1n) is 7.21. The molecule has 0 saturated heterocycles. The average Bonchev–Trinajstić information content (AvgIpc) is 2.57. The fourth-order valence-corrected chi connectivity index (χ4v) is 2.14. The number of carbonyl (C=O) groups excluding carboxylic acids is 2. The summed E-state index contributed by atoms with van der Waals surface area (Å²) in [5.41, 5.74) is 0.142. The van der Waals surface area contributed by atoms with Gasteiger partial charge in [-0.3, -0.25) is 9.59 Å². The second kappa shape index (κ2) is 7.18. The molecule has 0 spiro atoms. The Morgan fingerprint density at radius 1 is 1.08 bits per heavy atom. The molecule has 0 aliphatic carbocycles. The second-order valence-corrected chi connectivity index (χ2v) is 5.31. The van der Waals surface area contributed by atoms with Gasteiger partial charge < -0.3 is 5.32 Å². The third-order valence-corrected chi connectivity index (χ3v) is 3.55. The van der Waals surface area contributed by atoms with E-state index in [1.54, 1.807) is 37.3 Å². The smallest absolute Gasteiger partial charge is 0.324 e. The Balaban J connectivity index is 2.19. The molecule has 2 aromatic carbocycles. The van der Waals surface area contributed by atoms with Crippen molar-refractivity contribution >= 4 is 17.4 Å². The first-order chi connectivity index (χ1) is 11.7. The molecule has 2 rings (SSSR count). The summed E-state index contributed by atoms with van der Waals surface area (Å²) in [5, 5.41) is 11.6. The Morgan fingerprint density at radius 3 is 2.20 bits per heavy atom. The first kappa shape index (κ1) is 18.2. The van der Waals surface area contributed by atoms with Crippen molar-refractivity contribution in [2.75, 3.05) is 5.32 Å². The molecule has 2 aromatic rings. The molecule has 1 atom stereocenters. The number of nitrogens with zero attached hydrogens (tertiary/aromatic N) is 1. The molecular weight excluding hydrogens is 333 g/mol. The van der Waals surface area contributed by atoms with E-state index < -0.39 is 29.3 Å². The standard InChI is InChI=1S/C18H13F3N2O2/c1-11-4-2-3-5-15(11)23-17(25)14(10-22)16(24)12-6-8-13(9-7-12)18(19,20)21/h2-9,14H,1H3,(H,23,25)/t14-/m1/s1. The number of nitriles is 1. The summed E-state index contributed by atoms with van der Waals surface area (Å²) in [7, 11) is 0. The number of Topliss-reactive ketones (excluding diaryl/α,β-unsaturated/α-hetero) is 1. The van der Waals surface area contributed by atoms with Crippen LogP contribution in [0.4, 0.5) is 18.9 Å². The first-order valence-corrected chi connectivity index (χ1v) is 7.21. The van der Waals surface area contributed by atoms with Gasteiger partial charge in [0.05, 0.1) is 11.6 Å². The van der Waals surface area contributed by atoms with E-state index in [2.05, 4.69) is 5.32 Å². The molecule has 0 heterocycles. The lowest BCUT2D eigenvalue weighted by Crippen LogP contribution is -2.29. The van der Waals surface area contributed by atoms with Crippen molar-refractivity contribution in [3.63, 3.8) is 0 Å². The van der Waals surface area contributed by atoms with E-state index in [0.29, 0.717) is 5.69 Å². The Bertz CT molecular complexity index is 837. The van der Waals surface area contributed by atoms with E-state index in [4.69, 9.17) is 5.26 Å². The monoisotopic (exact) mass is 346 g/mol. The summed E-state index contributed by atoms with van der Waals surface area (Å²) in [6.07, 6.45) is -4.53. The minimum Gasteiger partial charge on any atom is -0.324 e. The second-order valence-electron chi connectivity index (χ2n) is 5.31. The maximum absolute atomic E-state index is 12.6. The van der Waals surface area contributed by atoms with Crippen molar-refractivity contribution in [1.29, 1.82) is 5.26 Å². The molecular formula is C18H13F3N2O2. The number of hydrogen-bond acceptors (Lipinski definition) is 3. The number of rotatable bonds is 4. The van der Waals surface area contributed by atoms with Crippen LogP contribution in [0.3, 0.4) is 0 Å². The van der Waals surface area contributed by atoms with Gasteiger partial charge in [0.15, 0.2) is 11.7 Å². The van der Waals surface area contributed by atoms with Crippen molar-refractivity contribution in [2.24, 2.45) is 5.92 Å². The van der Waals surface area contributed by atoms with Crippen molar-refractivity contribution in [3.8, 4) is 6.07 Å². The lowest BCUT2D eigenvalue weighted by atomic mass is 9.97. The molecule has 128 valence electrons. The zero-order chi connectivity index (χ0) is 18.6. The van der Waals surface area contributed by atoms with Crippen LogP contribution in [0.2, 0.25) is 0 Å². The summed E-state index contributed by atoms with van der Waals surface area (Å²) in [6.45, 7) is 1.74. The summed E-state index contributed by atoms with van der Waals surface area (Å²) in [5.74, 6) is -3.35. The number of halogens is 3. The maximum Gasteiger partial charge on any atom is 0.416 e. The number of hydrogen-bond donors (Lipinski definition) is 1. The predicted molar refractivity (Wildman–Crippen MR) is 84.7 cm³/mol. The van der Waals surface area contributed by atoms with E-state index in [-0.39, 0.29) is 5.56 Å². The zero-order valence-electron chi connectivity index (χ0n) is 13.1. The Hall–Kier alpha value is -3.14. The fourth-order valence-electron chi connectivity index (χ4n) is 2.14. The highest BCUT2D eigenvalue weighted by Crippen LogP contribution is 2.29. The van der Waals surface area contributed by atoms with Gasteiger partial charge in [-0.05, 0) is 30.7 Å². The summed E-state index contributed by atoms with van der Waals surface area (Å²) >= 11 is 0. The van der Waals surface area contributed by atoms with E-state index in [0.717, 1.165) is 29.8 Å². The lowest BCUT2D eigenvalue weighted by molar-refractivity contribution is -0.137. The summed E-state index contributed by atoms with van der Waals surface area (Å²) in [4.78, 5) is 24.5. The van der Waals surface area contributed by atoms with Crippen LogP contribution in [0.5, 0.6) is 0 Å². The fraction of sp³-hybridized carbons (Fsp3) is 0.167. The molecule has 0 saturated carbocycles. The number of alkyl halides is 3. The van der Waals surface area contributed by atoms with Gasteiger partial charge in [0.1, 0.15) is 0 Å². The van der Waals surface area contributed by atoms with Gasteiger partial charge in [-0.15, -0.1) is 0 Å². The number of amides is 1. The van der Waals surface area contributed by atoms with E-state index in [9.17, 15) is 22.8 Å². The van der Waals surface area contributed by atoms with Gasteiger partial charge in [0, 0.05) is 11.3 Å². The highest BCUT2D eigenvalue weighted by atomic mass is 19.4. The van der Waals surface area contributed by atoms with Gasteiger partial charge in [0.25, 0.3) is 0 Å². The SMILES string of the molecule is Cc1ccccc1NC(=O)[C@H](C#N)C(=O)c1ccc(C(F)(F)F)cc1. The van der Waals surface area contributed by atoms with E-state index in [1.165, 1.54) is 0 Å². The number of aryl methyl sites for hydroxylation is 1. The van der Waals surface area contributed by atoms with Gasteiger partial charge >= 0.3 is 6.18 Å². The van der Waals surface area contributed by atoms with Gasteiger partial charge in [-0.25, -0.2) is 0 Å². The quantitative estimate of drug-likeness (QED) is 0.672. The normalized spacial score (nSPS) is 12.1. The van der Waals surface area contributed by atoms with Crippen molar-refractivity contribution in [2.45, 2.75) is 13.1 Å². The predicted octanol–water partition coefficient (Wildman–Crippen LogP) is 3.98. The molecule has 0 radical (unpaired) electrons. The Labute approximate surface area is 141 Å². The number of nitrogens with one attached hydrogen (secondary N) is 1. The minimum atomic E-state index is -4.53. The van der Waals surface area contributed by atoms with Crippen molar-refractivity contribution in [1.82, 2.24) is 0 Å². The molecule has 1 amide bonds. The number of para-hydroxylation sites is 1. The zero-order valence-corrected chi connectivity index (χ0v) is 13.1. The van der Waals surface area contributed by atoms with Crippen LogP contribution < -0.4 is 5.32 Å². The van der Waals surface area contributed by atoms with Crippen LogP contribution in [-0.4, -0.2) is 11.7 Å². The van der Waals surface area contributed by atoms with E-state index in [1.807, 2.05) is 0 Å². The topological polar surface area (TPSA) is 70.0 Å². The molecule has 0 fully saturated rings. The van der Waals surface area contributed by atoms with Crippen molar-refractivity contribution in [3.05, 3.63) is 65.2 Å². The molecule has 7 heteroatoms. The van der Waals surface area contributed by atoms with Gasteiger partial charge in [-0.2, -0.15) is 18.4 Å². The lowest BCUT2D eigenvalue weighted by Gasteiger charge is -2.12. The molecule has 1 N–H and O–H groups in total. The van der Waals surface area contributed by atoms with Gasteiger partial charge in [0.2, 0.25) is 5.91 Å². The van der Waals surface area contributed by atoms with E-state index >= 15 is 0 Å². The molecule has 0 aliphatic heterocycles. The highest BCUT2D eigenvalue weighted by Gasteiger charge is 2.32. The van der Waals surface area contributed by atoms with Crippen LogP contribution in [0.1, 0.15) is 21.5 Å². The summed E-state index contributed by atoms with van der Waals surface area (Å²) < 4.78 is 37.7. The average molecular weight is 346 g/mol. The highest BCUT2D eigenvalue weighted by molar-refractivity contribution is 6.15. The molecule has 0 aromatic heterocycles. The van der Waals surface area contributed by atoms with Crippen LogP contribution in [0, 0.1) is 24.2 Å². The number of ketones is 1. The number of carbonyl (C=O) groups is 2. The largest absolute Gasteiger partial charge is 0.416 e. The van der Waals surface area contributed by atoms with Crippen molar-refractivity contribution < 1.29 is 22.8 Å². The third kappa shape index (κ3) is 4.23. The van der Waals surface area contributed by atoms with Crippen LogP contribution in [0.15, 0.2) is 48.5 Å². The maximum atomic E-state index is 12.6. The van der Waals surface area contributed by atoms with Crippen LogP contribution in [0.25, 0.3) is 0 Å². The molecule has 0 bridgehead atoms. The van der Waals surface area contributed by atoms with Gasteiger partial charge in [-0.1, -0.05) is 30.3 Å². The molecule has 4 nitrogen and oxygen atoms in total. The van der Waals surface area contributed by atoms with Crippen LogP contribution >= 0.6 is 0 Å². The number of benzene rings is 2. The molecule has 0 unspecified atom stereocenters. The third-order valence-electron chi connectivity index (χ3n) is 3.55. The Morgan fingerprint density at radius 2 is 1.68 bits per heavy atom. The summed E-state index contributed by atoms with van der Waals surface area (Å²) in [6, 6.07) is 11.8. The minimum absolute atomic E-state index is 0.139. The van der Waals surface area contributed by atoms with Crippen LogP contribution in [-0.2, 0) is 11.0 Å². The number of anilines is 1. The Kier molecular flexibility index (Phi) is 5.22.